The number of ketones is 2. The number of allylic oxidation sites excluding steroid dienone is 1. The molecule has 1 heterocycles. The minimum absolute atomic E-state index is 0.0477. The molecule has 0 radical (unpaired) electrons. The summed E-state index contributed by atoms with van der Waals surface area (Å²) in [4.78, 5) is 54.0. The summed E-state index contributed by atoms with van der Waals surface area (Å²) in [5, 5.41) is 44.9. The third-order valence-corrected chi connectivity index (χ3v) is 8.22. The highest BCUT2D eigenvalue weighted by Gasteiger charge is 2.63. The lowest BCUT2D eigenvalue weighted by molar-refractivity contribution is -0.148. The number of aliphatic hydroxyl groups excluding tert-OH is 2. The van der Waals surface area contributed by atoms with E-state index < -0.39 is 75.5 Å². The number of benzene rings is 1. The molecular formula is C30H33N3O9. The summed E-state index contributed by atoms with van der Waals surface area (Å²) in [5.41, 5.74) is 1.88. The van der Waals surface area contributed by atoms with Gasteiger partial charge in [0.15, 0.2) is 11.4 Å². The first-order chi connectivity index (χ1) is 19.5. The second kappa shape index (κ2) is 9.57. The van der Waals surface area contributed by atoms with E-state index in [0.717, 1.165) is 0 Å². The van der Waals surface area contributed by atoms with E-state index in [-0.39, 0.29) is 24.0 Å². The Labute approximate surface area is 241 Å². The molecule has 12 nitrogen and oxygen atoms in total. The van der Waals surface area contributed by atoms with Gasteiger partial charge in [0.25, 0.3) is 5.91 Å². The first-order valence-corrected chi connectivity index (χ1v) is 13.4. The van der Waals surface area contributed by atoms with Crippen LogP contribution in [0.1, 0.15) is 43.1 Å². The van der Waals surface area contributed by atoms with Gasteiger partial charge in [-0.25, -0.2) is 4.79 Å². The third-order valence-electron chi connectivity index (χ3n) is 8.22. The number of aliphatic hydroxyl groups is 3. The summed E-state index contributed by atoms with van der Waals surface area (Å²) in [5.74, 6) is -7.26. The van der Waals surface area contributed by atoms with E-state index in [1.165, 1.54) is 21.7 Å². The third kappa shape index (κ3) is 4.12. The van der Waals surface area contributed by atoms with Crippen LogP contribution in [0.2, 0.25) is 0 Å². The highest BCUT2D eigenvalue weighted by atomic mass is 16.6. The van der Waals surface area contributed by atoms with Gasteiger partial charge in [-0.2, -0.15) is 0 Å². The van der Waals surface area contributed by atoms with Crippen LogP contribution in [0.25, 0.3) is 11.3 Å². The monoisotopic (exact) mass is 579 g/mol. The molecule has 0 aliphatic heterocycles. The van der Waals surface area contributed by atoms with E-state index in [9.17, 15) is 39.6 Å². The predicted octanol–water partition coefficient (Wildman–Crippen LogP) is 2.37. The number of likely N-dealkylation sites (N-methyl/N-ethyl adjacent to an activating group) is 1. The number of nitrogens with zero attached hydrogens (tertiary/aromatic N) is 2. The van der Waals surface area contributed by atoms with Crippen molar-refractivity contribution in [2.45, 2.75) is 50.9 Å². The maximum absolute atomic E-state index is 14.0. The van der Waals surface area contributed by atoms with Gasteiger partial charge in [-0.15, -0.1) is 0 Å². The Hall–Kier alpha value is -4.42. The number of fused-ring (bicyclic) bond motifs is 3. The number of hydrogen-bond donors (Lipinski definition) is 5. The van der Waals surface area contributed by atoms with Crippen molar-refractivity contribution in [1.82, 2.24) is 9.47 Å². The molecule has 1 amide bonds. The zero-order chi connectivity index (χ0) is 31.0. The minimum atomic E-state index is -2.72. The van der Waals surface area contributed by atoms with Crippen molar-refractivity contribution in [3.63, 3.8) is 0 Å². The molecule has 1 aromatic carbocycles. The maximum Gasteiger partial charge on any atom is 0.418 e. The van der Waals surface area contributed by atoms with Gasteiger partial charge in [-0.1, -0.05) is 0 Å². The molecule has 0 saturated heterocycles. The molecule has 2 aromatic rings. The van der Waals surface area contributed by atoms with E-state index >= 15 is 0 Å². The lowest BCUT2D eigenvalue weighted by Crippen LogP contribution is -2.63. The van der Waals surface area contributed by atoms with Crippen molar-refractivity contribution >= 4 is 23.6 Å². The average Bonchev–Trinajstić information content (AvgIpc) is 3.35. The van der Waals surface area contributed by atoms with Crippen LogP contribution in [0, 0.1) is 11.8 Å². The van der Waals surface area contributed by atoms with Gasteiger partial charge in [0.1, 0.15) is 28.4 Å². The number of phenols is 1. The number of aromatic hydroxyl groups is 1. The molecule has 4 atom stereocenters. The second-order valence-corrected chi connectivity index (χ2v) is 12.2. The van der Waals surface area contributed by atoms with Crippen LogP contribution in [-0.2, 0) is 20.7 Å². The summed E-state index contributed by atoms with van der Waals surface area (Å²) in [7, 11) is 3.13. The quantitative estimate of drug-likeness (QED) is 0.337. The number of aromatic nitrogens is 1. The Morgan fingerprint density at radius 2 is 1.79 bits per heavy atom. The molecule has 0 saturated carbocycles. The Morgan fingerprint density at radius 1 is 1.12 bits per heavy atom. The normalized spacial score (nSPS) is 25.7. The van der Waals surface area contributed by atoms with Gasteiger partial charge < -0.3 is 30.9 Å². The summed E-state index contributed by atoms with van der Waals surface area (Å²) in [6.45, 7) is 5.20. The molecule has 6 N–H and O–H groups in total. The summed E-state index contributed by atoms with van der Waals surface area (Å²) in [6.07, 6.45) is 0.909. The van der Waals surface area contributed by atoms with Gasteiger partial charge >= 0.3 is 6.09 Å². The van der Waals surface area contributed by atoms with Crippen LogP contribution in [0.3, 0.4) is 0 Å². The largest absolute Gasteiger partial charge is 0.510 e. The standard InChI is InChI=1S/C30H33N3O9/c1-29(2,3)42-28(40)33-10-6-7-17(33)14-8-9-18(34)20-15(14)11-13-12-16-22(32(4)5)24(36)21(27(31)39)26(38)30(16,41)25(37)19(13)23(20)35/h6-10,13,16,22,34,36-37,41H,11-12H2,1-5H3,(H2,31,39). The lowest BCUT2D eigenvalue weighted by atomic mass is 9.58. The fourth-order valence-electron chi connectivity index (χ4n) is 6.56. The molecule has 222 valence electrons. The van der Waals surface area contributed by atoms with E-state index in [1.807, 2.05) is 0 Å². The number of nitrogens with two attached hydrogens (primary N) is 1. The van der Waals surface area contributed by atoms with Crippen molar-refractivity contribution < 1.29 is 44.3 Å². The number of Topliss-reactive ketones (excluding diaryl/α,β-unsaturated/α-hetero) is 2. The van der Waals surface area contributed by atoms with E-state index in [4.69, 9.17) is 10.5 Å². The predicted molar refractivity (Wildman–Crippen MR) is 149 cm³/mol. The molecule has 12 heteroatoms. The van der Waals surface area contributed by atoms with Crippen molar-refractivity contribution in [2.75, 3.05) is 14.1 Å². The topological polar surface area (TPSA) is 193 Å². The number of amides is 1. The van der Waals surface area contributed by atoms with Crippen molar-refractivity contribution in [2.24, 2.45) is 17.6 Å². The summed E-state index contributed by atoms with van der Waals surface area (Å²) < 4.78 is 6.82. The van der Waals surface area contributed by atoms with Crippen molar-refractivity contribution in [3.05, 3.63) is 64.3 Å². The number of primary amides is 1. The second-order valence-electron chi connectivity index (χ2n) is 12.2. The number of hydrogen-bond acceptors (Lipinski definition) is 10. The van der Waals surface area contributed by atoms with E-state index in [0.29, 0.717) is 16.8 Å². The summed E-state index contributed by atoms with van der Waals surface area (Å²) in [6, 6.07) is 5.08. The van der Waals surface area contributed by atoms with Gasteiger partial charge in [-0.3, -0.25) is 23.9 Å². The molecule has 0 bridgehead atoms. The molecule has 4 unspecified atom stereocenters. The molecule has 3 aliphatic rings. The summed E-state index contributed by atoms with van der Waals surface area (Å²) >= 11 is 0. The van der Waals surface area contributed by atoms with E-state index in [1.54, 1.807) is 53.1 Å². The number of ether oxygens (including phenoxy) is 1. The minimum Gasteiger partial charge on any atom is -0.510 e. The Morgan fingerprint density at radius 3 is 2.38 bits per heavy atom. The Bertz CT molecular complexity index is 1620. The van der Waals surface area contributed by atoms with Crippen LogP contribution in [0.4, 0.5) is 4.79 Å². The van der Waals surface area contributed by atoms with Gasteiger partial charge in [-0.05, 0) is 83.5 Å². The molecule has 5 rings (SSSR count). The first kappa shape index (κ1) is 29.1. The zero-order valence-corrected chi connectivity index (χ0v) is 23.8. The molecule has 1 aromatic heterocycles. The smallest absolute Gasteiger partial charge is 0.418 e. The van der Waals surface area contributed by atoms with Crippen molar-refractivity contribution in [3.8, 4) is 17.0 Å². The number of carbonyl (C=O) groups excluding carboxylic acids is 4. The van der Waals surface area contributed by atoms with Crippen LogP contribution < -0.4 is 5.73 Å². The Balaban J connectivity index is 1.68. The van der Waals surface area contributed by atoms with Crippen LogP contribution in [0.5, 0.6) is 5.75 Å². The van der Waals surface area contributed by atoms with Crippen molar-refractivity contribution in [1.29, 1.82) is 0 Å². The molecule has 42 heavy (non-hydrogen) atoms. The molecule has 0 fully saturated rings. The molecule has 0 spiro atoms. The zero-order valence-electron chi connectivity index (χ0n) is 23.8. The number of carbonyl (C=O) groups is 4. The number of rotatable bonds is 3. The molecule has 3 aliphatic carbocycles. The van der Waals surface area contributed by atoms with Gasteiger partial charge in [0.05, 0.1) is 17.3 Å². The fraction of sp³-hybridized carbons (Fsp3) is 0.400. The maximum atomic E-state index is 14.0. The SMILES string of the molecule is CN(C)C1C(O)=C(C(N)=O)C(=O)C2(O)C(O)=C3C(=O)c4c(O)ccc(-c5cccn5C(=O)OC(C)(C)C)c4CC3CC12. The van der Waals surface area contributed by atoms with Gasteiger partial charge in [0, 0.05) is 23.3 Å². The fourth-order valence-corrected chi connectivity index (χ4v) is 6.56. The lowest BCUT2D eigenvalue weighted by Gasteiger charge is -2.50. The van der Waals surface area contributed by atoms with Crippen LogP contribution in [-0.4, -0.2) is 84.8 Å². The number of phenolic OH excluding ortho intramolecular Hbond substituents is 1. The van der Waals surface area contributed by atoms with Crippen LogP contribution >= 0.6 is 0 Å². The van der Waals surface area contributed by atoms with Gasteiger partial charge in [0.2, 0.25) is 5.78 Å². The average molecular weight is 580 g/mol. The highest BCUT2D eigenvalue weighted by Crippen LogP contribution is 2.53. The molecular weight excluding hydrogens is 546 g/mol. The first-order valence-electron chi connectivity index (χ1n) is 13.4. The highest BCUT2D eigenvalue weighted by molar-refractivity contribution is 6.24. The van der Waals surface area contributed by atoms with E-state index in [2.05, 4.69) is 0 Å². The van der Waals surface area contributed by atoms with Crippen LogP contribution in [0.15, 0.2) is 53.1 Å². The Kier molecular flexibility index (Phi) is 6.62.